The molecule has 1 aliphatic heterocycles. The Morgan fingerprint density at radius 2 is 1.84 bits per heavy atom. The summed E-state index contributed by atoms with van der Waals surface area (Å²) >= 11 is 1.34. The molecule has 0 spiro atoms. The van der Waals surface area contributed by atoms with E-state index in [0.29, 0.717) is 4.88 Å². The molecular formula is C14H17NO3S. The first-order valence-electron chi connectivity index (χ1n) is 6.47. The Hall–Kier alpha value is -1.62. The number of hydrogen-bond acceptors (Lipinski definition) is 3. The number of carbonyl (C=O) groups excluding carboxylic acids is 1. The third kappa shape index (κ3) is 3.92. The lowest BCUT2D eigenvalue weighted by atomic mass is 10.2. The predicted molar refractivity (Wildman–Crippen MR) is 75.4 cm³/mol. The maximum Gasteiger partial charge on any atom is 0.328 e. The van der Waals surface area contributed by atoms with E-state index in [9.17, 15) is 9.59 Å². The maximum atomic E-state index is 12.3. The van der Waals surface area contributed by atoms with E-state index in [-0.39, 0.29) is 5.91 Å². The second kappa shape index (κ2) is 6.52. The lowest BCUT2D eigenvalue weighted by molar-refractivity contribution is -0.131. The number of hydrogen-bond donors (Lipinski definition) is 1. The van der Waals surface area contributed by atoms with Gasteiger partial charge >= 0.3 is 5.97 Å². The second-order valence-electron chi connectivity index (χ2n) is 4.58. The summed E-state index contributed by atoms with van der Waals surface area (Å²) in [7, 11) is 0. The number of carboxylic acids is 1. The zero-order valence-electron chi connectivity index (χ0n) is 10.7. The smallest absolute Gasteiger partial charge is 0.328 e. The first-order chi connectivity index (χ1) is 9.16. The van der Waals surface area contributed by atoms with Crippen molar-refractivity contribution in [3.8, 4) is 0 Å². The van der Waals surface area contributed by atoms with E-state index in [1.54, 1.807) is 12.1 Å². The summed E-state index contributed by atoms with van der Waals surface area (Å²) in [6.07, 6.45) is 7.14. The van der Waals surface area contributed by atoms with Crippen molar-refractivity contribution in [3.63, 3.8) is 0 Å². The summed E-state index contributed by atoms with van der Waals surface area (Å²) in [6.45, 7) is 1.66. The molecule has 0 aromatic carbocycles. The molecule has 0 bridgehead atoms. The van der Waals surface area contributed by atoms with Gasteiger partial charge in [-0.25, -0.2) is 4.79 Å². The van der Waals surface area contributed by atoms with Gasteiger partial charge in [-0.1, -0.05) is 12.8 Å². The molecule has 0 radical (unpaired) electrons. The minimum absolute atomic E-state index is 0.0712. The van der Waals surface area contributed by atoms with Crippen molar-refractivity contribution in [2.45, 2.75) is 25.7 Å². The highest BCUT2D eigenvalue weighted by Crippen LogP contribution is 2.21. The first-order valence-corrected chi connectivity index (χ1v) is 7.28. The summed E-state index contributed by atoms with van der Waals surface area (Å²) < 4.78 is 0. The molecule has 2 heterocycles. The first kappa shape index (κ1) is 13.8. The molecule has 5 heteroatoms. The summed E-state index contributed by atoms with van der Waals surface area (Å²) in [6, 6.07) is 3.56. The van der Waals surface area contributed by atoms with Crippen LogP contribution in [0.5, 0.6) is 0 Å². The van der Waals surface area contributed by atoms with Crippen molar-refractivity contribution in [1.29, 1.82) is 0 Å². The van der Waals surface area contributed by atoms with Gasteiger partial charge in [-0.3, -0.25) is 4.79 Å². The molecule has 0 aliphatic carbocycles. The highest BCUT2D eigenvalue weighted by atomic mass is 32.1. The Bertz CT molecular complexity index is 485. The highest BCUT2D eigenvalue weighted by Gasteiger charge is 2.18. The minimum Gasteiger partial charge on any atom is -0.478 e. The molecule has 1 amide bonds. The summed E-state index contributed by atoms with van der Waals surface area (Å²) in [5.41, 5.74) is 0. The Balaban J connectivity index is 2.04. The van der Waals surface area contributed by atoms with Crippen molar-refractivity contribution < 1.29 is 14.7 Å². The molecule has 1 N–H and O–H groups in total. The van der Waals surface area contributed by atoms with E-state index in [0.717, 1.165) is 36.9 Å². The number of amides is 1. The lowest BCUT2D eigenvalue weighted by Crippen LogP contribution is -2.31. The van der Waals surface area contributed by atoms with Gasteiger partial charge in [0.15, 0.2) is 0 Å². The topological polar surface area (TPSA) is 57.6 Å². The summed E-state index contributed by atoms with van der Waals surface area (Å²) in [4.78, 5) is 26.1. The van der Waals surface area contributed by atoms with Crippen LogP contribution in [0.2, 0.25) is 0 Å². The molecule has 4 nitrogen and oxygen atoms in total. The van der Waals surface area contributed by atoms with Gasteiger partial charge < -0.3 is 10.0 Å². The van der Waals surface area contributed by atoms with Crippen molar-refractivity contribution in [2.24, 2.45) is 0 Å². The zero-order valence-corrected chi connectivity index (χ0v) is 11.5. The van der Waals surface area contributed by atoms with Gasteiger partial charge in [-0.05, 0) is 31.1 Å². The Morgan fingerprint density at radius 1 is 1.16 bits per heavy atom. The molecule has 0 atom stereocenters. The Kier molecular flexibility index (Phi) is 4.74. The summed E-state index contributed by atoms with van der Waals surface area (Å²) in [5.74, 6) is -0.907. The number of aliphatic carboxylic acids is 1. The maximum absolute atomic E-state index is 12.3. The van der Waals surface area contributed by atoms with Crippen LogP contribution in [0.1, 0.15) is 40.2 Å². The van der Waals surface area contributed by atoms with E-state index in [2.05, 4.69) is 0 Å². The van der Waals surface area contributed by atoms with Gasteiger partial charge in [0.2, 0.25) is 0 Å². The molecular weight excluding hydrogens is 262 g/mol. The molecule has 0 saturated carbocycles. The number of thiophene rings is 1. The average Bonchev–Trinajstić information content (AvgIpc) is 2.69. The van der Waals surface area contributed by atoms with Crippen molar-refractivity contribution in [1.82, 2.24) is 4.90 Å². The summed E-state index contributed by atoms with van der Waals surface area (Å²) in [5, 5.41) is 8.57. The fourth-order valence-electron chi connectivity index (χ4n) is 2.14. The lowest BCUT2D eigenvalue weighted by Gasteiger charge is -2.19. The van der Waals surface area contributed by atoms with Crippen molar-refractivity contribution in [3.05, 3.63) is 28.0 Å². The molecule has 19 heavy (non-hydrogen) atoms. The van der Waals surface area contributed by atoms with Crippen LogP contribution in [0, 0.1) is 0 Å². The van der Waals surface area contributed by atoms with Crippen LogP contribution in [-0.4, -0.2) is 35.0 Å². The average molecular weight is 279 g/mol. The SMILES string of the molecule is O=C(O)/C=C/c1ccc(C(=O)N2CCCCCC2)s1. The molecule has 1 aromatic rings. The molecule has 102 valence electrons. The van der Waals surface area contributed by atoms with Gasteiger partial charge in [0, 0.05) is 24.0 Å². The third-order valence-corrected chi connectivity index (χ3v) is 4.16. The number of rotatable bonds is 3. The molecule has 2 rings (SSSR count). The molecule has 1 saturated heterocycles. The number of nitrogens with zero attached hydrogens (tertiary/aromatic N) is 1. The number of likely N-dealkylation sites (tertiary alicyclic amines) is 1. The highest BCUT2D eigenvalue weighted by molar-refractivity contribution is 7.14. The predicted octanol–water partition coefficient (Wildman–Crippen LogP) is 2.86. The van der Waals surface area contributed by atoms with Crippen molar-refractivity contribution in [2.75, 3.05) is 13.1 Å². The normalized spacial score (nSPS) is 16.5. The minimum atomic E-state index is -0.978. The van der Waals surface area contributed by atoms with Crippen LogP contribution in [0.25, 0.3) is 6.08 Å². The van der Waals surface area contributed by atoms with Crippen LogP contribution in [0.4, 0.5) is 0 Å². The van der Waals surface area contributed by atoms with Crippen LogP contribution >= 0.6 is 11.3 Å². The van der Waals surface area contributed by atoms with E-state index in [4.69, 9.17) is 5.11 Å². The van der Waals surface area contributed by atoms with Crippen LogP contribution in [-0.2, 0) is 4.79 Å². The van der Waals surface area contributed by atoms with E-state index >= 15 is 0 Å². The van der Waals surface area contributed by atoms with E-state index in [1.165, 1.54) is 30.3 Å². The van der Waals surface area contributed by atoms with Crippen LogP contribution < -0.4 is 0 Å². The number of carboxylic acid groups (broad SMARTS) is 1. The van der Waals surface area contributed by atoms with Gasteiger partial charge in [-0.15, -0.1) is 11.3 Å². The molecule has 1 fully saturated rings. The standard InChI is InChI=1S/C14H17NO3S/c16-13(17)8-6-11-5-7-12(19-11)14(18)15-9-3-1-2-4-10-15/h5-8H,1-4,9-10H2,(H,16,17)/b8-6+. The third-order valence-electron chi connectivity index (χ3n) is 3.12. The Labute approximate surface area is 116 Å². The van der Waals surface area contributed by atoms with Gasteiger partial charge in [0.1, 0.15) is 0 Å². The Morgan fingerprint density at radius 3 is 2.47 bits per heavy atom. The quantitative estimate of drug-likeness (QED) is 0.866. The molecule has 0 unspecified atom stereocenters. The zero-order chi connectivity index (χ0) is 13.7. The second-order valence-corrected chi connectivity index (χ2v) is 5.70. The molecule has 1 aliphatic rings. The van der Waals surface area contributed by atoms with Crippen molar-refractivity contribution >= 4 is 29.3 Å². The van der Waals surface area contributed by atoms with Crippen LogP contribution in [0.15, 0.2) is 18.2 Å². The monoisotopic (exact) mass is 279 g/mol. The van der Waals surface area contributed by atoms with Gasteiger partial charge in [0.25, 0.3) is 5.91 Å². The fraction of sp³-hybridized carbons (Fsp3) is 0.429. The van der Waals surface area contributed by atoms with Gasteiger partial charge in [-0.2, -0.15) is 0 Å². The fourth-order valence-corrected chi connectivity index (χ4v) is 3.02. The largest absolute Gasteiger partial charge is 0.478 e. The van der Waals surface area contributed by atoms with E-state index in [1.807, 2.05) is 4.90 Å². The van der Waals surface area contributed by atoms with Crippen LogP contribution in [0.3, 0.4) is 0 Å². The molecule has 1 aromatic heterocycles. The van der Waals surface area contributed by atoms with E-state index < -0.39 is 5.97 Å². The number of carbonyl (C=O) groups is 2. The van der Waals surface area contributed by atoms with Gasteiger partial charge in [0.05, 0.1) is 4.88 Å².